The van der Waals surface area contributed by atoms with E-state index in [1.807, 2.05) is 0 Å². The minimum Gasteiger partial charge on any atom is -0.450 e. The van der Waals surface area contributed by atoms with Crippen molar-refractivity contribution in [3.63, 3.8) is 0 Å². The molecule has 1 rings (SSSR count). The second-order valence-electron chi connectivity index (χ2n) is 7.35. The topological polar surface area (TPSA) is 46.5 Å². The number of carboxylic acid groups (broad SMARTS) is 1. The Morgan fingerprint density at radius 3 is 1.96 bits per heavy atom. The summed E-state index contributed by atoms with van der Waals surface area (Å²) in [6.45, 7) is 2.22. The maximum atomic E-state index is 10.9. The van der Waals surface area contributed by atoms with Gasteiger partial charge in [0.05, 0.1) is 0 Å². The highest BCUT2D eigenvalue weighted by Crippen LogP contribution is 2.17. The van der Waals surface area contributed by atoms with Crippen LogP contribution in [0, 0.1) is 0 Å². The van der Waals surface area contributed by atoms with Crippen molar-refractivity contribution in [1.82, 2.24) is 0 Å². The van der Waals surface area contributed by atoms with Crippen molar-refractivity contribution in [3.8, 4) is 0 Å². The molecule has 1 unspecified atom stereocenters. The van der Waals surface area contributed by atoms with Crippen LogP contribution in [0.5, 0.6) is 0 Å². The van der Waals surface area contributed by atoms with Crippen molar-refractivity contribution in [1.29, 1.82) is 0 Å². The van der Waals surface area contributed by atoms with E-state index in [0.717, 1.165) is 32.1 Å². The van der Waals surface area contributed by atoms with Crippen LogP contribution in [0.25, 0.3) is 0 Å². The normalized spacial score (nSPS) is 12.0. The van der Waals surface area contributed by atoms with Crippen LogP contribution in [0.1, 0.15) is 96.0 Å². The lowest BCUT2D eigenvalue weighted by molar-refractivity contribution is 0.0422. The molecule has 1 aromatic carbocycles. The molecule has 0 aromatic heterocycles. The molecular weight excluding hydrogens is 324 g/mol. The van der Waals surface area contributed by atoms with E-state index >= 15 is 0 Å². The minimum absolute atomic E-state index is 0.108. The molecule has 0 saturated heterocycles. The quantitative estimate of drug-likeness (QED) is 0.246. The van der Waals surface area contributed by atoms with Gasteiger partial charge in [-0.1, -0.05) is 88.6 Å². The molecule has 1 atom stereocenters. The number of rotatable bonds is 16. The first-order chi connectivity index (χ1) is 12.7. The van der Waals surface area contributed by atoms with Crippen LogP contribution in [-0.2, 0) is 11.2 Å². The van der Waals surface area contributed by atoms with Crippen LogP contribution < -0.4 is 0 Å². The van der Waals surface area contributed by atoms with Gasteiger partial charge in [0.25, 0.3) is 0 Å². The SMILES string of the molecule is CCCCCCCCC(CCCCCCCc1ccccc1)OC(=O)O. The fraction of sp³-hybridized carbons (Fsp3) is 0.696. The first-order valence-corrected chi connectivity index (χ1v) is 10.7. The van der Waals surface area contributed by atoms with Gasteiger partial charge < -0.3 is 9.84 Å². The minimum atomic E-state index is -1.12. The molecule has 26 heavy (non-hydrogen) atoms. The third kappa shape index (κ3) is 12.8. The highest BCUT2D eigenvalue weighted by atomic mass is 16.7. The lowest BCUT2D eigenvalue weighted by atomic mass is 10.0. The summed E-state index contributed by atoms with van der Waals surface area (Å²) < 4.78 is 5.08. The zero-order valence-corrected chi connectivity index (χ0v) is 16.6. The van der Waals surface area contributed by atoms with Crippen molar-refractivity contribution >= 4 is 6.16 Å². The summed E-state index contributed by atoms with van der Waals surface area (Å²) >= 11 is 0. The highest BCUT2D eigenvalue weighted by Gasteiger charge is 2.13. The summed E-state index contributed by atoms with van der Waals surface area (Å²) in [7, 11) is 0. The molecule has 0 fully saturated rings. The Bertz CT molecular complexity index is 444. The molecule has 0 radical (unpaired) electrons. The lowest BCUT2D eigenvalue weighted by Crippen LogP contribution is -2.16. The van der Waals surface area contributed by atoms with Gasteiger partial charge in [0.15, 0.2) is 0 Å². The van der Waals surface area contributed by atoms with Crippen LogP contribution in [-0.4, -0.2) is 17.4 Å². The summed E-state index contributed by atoms with van der Waals surface area (Å²) in [5.41, 5.74) is 1.42. The third-order valence-corrected chi connectivity index (χ3v) is 4.98. The van der Waals surface area contributed by atoms with Crippen LogP contribution in [0.3, 0.4) is 0 Å². The number of carbonyl (C=O) groups is 1. The predicted octanol–water partition coefficient (Wildman–Crippen LogP) is 7.38. The fourth-order valence-electron chi connectivity index (χ4n) is 3.43. The monoisotopic (exact) mass is 362 g/mol. The van der Waals surface area contributed by atoms with Gasteiger partial charge in [-0.05, 0) is 44.1 Å². The van der Waals surface area contributed by atoms with Gasteiger partial charge in [-0.2, -0.15) is 0 Å². The highest BCUT2D eigenvalue weighted by molar-refractivity contribution is 5.57. The first kappa shape index (κ1) is 22.5. The Morgan fingerprint density at radius 2 is 1.38 bits per heavy atom. The van der Waals surface area contributed by atoms with Crippen molar-refractivity contribution in [2.45, 2.75) is 103 Å². The van der Waals surface area contributed by atoms with Crippen LogP contribution in [0.15, 0.2) is 30.3 Å². The summed E-state index contributed by atoms with van der Waals surface area (Å²) in [5, 5.41) is 8.92. The van der Waals surface area contributed by atoms with E-state index in [2.05, 4.69) is 37.3 Å². The molecular formula is C23H38O3. The van der Waals surface area contributed by atoms with Gasteiger partial charge >= 0.3 is 6.16 Å². The van der Waals surface area contributed by atoms with Gasteiger partial charge in [-0.15, -0.1) is 0 Å². The third-order valence-electron chi connectivity index (χ3n) is 4.98. The largest absolute Gasteiger partial charge is 0.506 e. The zero-order valence-electron chi connectivity index (χ0n) is 16.6. The molecule has 3 nitrogen and oxygen atoms in total. The Balaban J connectivity index is 2.04. The number of hydrogen-bond donors (Lipinski definition) is 1. The number of unbranched alkanes of at least 4 members (excludes halogenated alkanes) is 9. The van der Waals surface area contributed by atoms with Gasteiger partial charge in [0, 0.05) is 0 Å². The molecule has 3 heteroatoms. The van der Waals surface area contributed by atoms with Crippen molar-refractivity contribution in [3.05, 3.63) is 35.9 Å². The summed E-state index contributed by atoms with van der Waals surface area (Å²) in [4.78, 5) is 10.9. The second-order valence-corrected chi connectivity index (χ2v) is 7.35. The molecule has 0 bridgehead atoms. The first-order valence-electron chi connectivity index (χ1n) is 10.7. The van der Waals surface area contributed by atoms with Crippen molar-refractivity contribution < 1.29 is 14.6 Å². The van der Waals surface area contributed by atoms with Gasteiger partial charge in [0.2, 0.25) is 0 Å². The molecule has 0 aliphatic carbocycles. The van der Waals surface area contributed by atoms with E-state index in [9.17, 15) is 4.79 Å². The summed E-state index contributed by atoms with van der Waals surface area (Å²) in [5.74, 6) is 0. The molecule has 1 N–H and O–H groups in total. The van der Waals surface area contributed by atoms with E-state index < -0.39 is 6.16 Å². The zero-order chi connectivity index (χ0) is 18.9. The van der Waals surface area contributed by atoms with Crippen molar-refractivity contribution in [2.75, 3.05) is 0 Å². The van der Waals surface area contributed by atoms with E-state index in [1.54, 1.807) is 0 Å². The summed E-state index contributed by atoms with van der Waals surface area (Å²) in [6.07, 6.45) is 15.0. The van der Waals surface area contributed by atoms with E-state index in [1.165, 1.54) is 63.4 Å². The molecule has 0 aliphatic heterocycles. The average molecular weight is 363 g/mol. The molecule has 0 heterocycles. The van der Waals surface area contributed by atoms with Crippen LogP contribution >= 0.6 is 0 Å². The second kappa shape index (κ2) is 15.7. The van der Waals surface area contributed by atoms with Gasteiger partial charge in [-0.3, -0.25) is 0 Å². The van der Waals surface area contributed by atoms with E-state index in [4.69, 9.17) is 9.84 Å². The molecule has 0 amide bonds. The Hall–Kier alpha value is -1.51. The molecule has 0 saturated carbocycles. The van der Waals surface area contributed by atoms with Gasteiger partial charge in [0.1, 0.15) is 6.10 Å². The van der Waals surface area contributed by atoms with Crippen LogP contribution in [0.2, 0.25) is 0 Å². The predicted molar refractivity (Wildman–Crippen MR) is 109 cm³/mol. The standard InChI is InChI=1S/C23H38O3/c1-2-3-4-5-8-14-19-22(26-23(24)25)20-15-9-6-7-11-16-21-17-12-10-13-18-21/h10,12-13,17-18,22H,2-9,11,14-16,19-20H2,1H3,(H,24,25). The maximum absolute atomic E-state index is 10.9. The number of ether oxygens (including phenoxy) is 1. The van der Waals surface area contributed by atoms with E-state index in [-0.39, 0.29) is 6.10 Å². The number of aryl methyl sites for hydroxylation is 1. The van der Waals surface area contributed by atoms with E-state index in [0.29, 0.717) is 0 Å². The number of hydrogen-bond acceptors (Lipinski definition) is 2. The summed E-state index contributed by atoms with van der Waals surface area (Å²) in [6, 6.07) is 10.6. The average Bonchev–Trinajstić information content (AvgIpc) is 2.64. The lowest BCUT2D eigenvalue weighted by Gasteiger charge is -2.15. The molecule has 0 spiro atoms. The molecule has 1 aromatic rings. The van der Waals surface area contributed by atoms with Gasteiger partial charge in [-0.25, -0.2) is 4.79 Å². The van der Waals surface area contributed by atoms with Crippen molar-refractivity contribution in [2.24, 2.45) is 0 Å². The number of benzene rings is 1. The van der Waals surface area contributed by atoms with Crippen LogP contribution in [0.4, 0.5) is 4.79 Å². The Kier molecular flexibility index (Phi) is 13.6. The smallest absolute Gasteiger partial charge is 0.450 e. The molecule has 0 aliphatic rings. The fourth-order valence-corrected chi connectivity index (χ4v) is 3.43. The molecule has 148 valence electrons. The Labute approximate surface area is 160 Å². The maximum Gasteiger partial charge on any atom is 0.506 e. The Morgan fingerprint density at radius 1 is 0.846 bits per heavy atom.